The summed E-state index contributed by atoms with van der Waals surface area (Å²) in [7, 11) is 0. The van der Waals surface area contributed by atoms with Gasteiger partial charge in [0.1, 0.15) is 5.82 Å². The molecule has 1 N–H and O–H groups in total. The summed E-state index contributed by atoms with van der Waals surface area (Å²) in [5.41, 5.74) is 1.82. The summed E-state index contributed by atoms with van der Waals surface area (Å²) >= 11 is 1.30. The molecule has 0 unspecified atom stereocenters. The van der Waals surface area contributed by atoms with E-state index in [9.17, 15) is 9.18 Å². The maximum absolute atomic E-state index is 13.2. The van der Waals surface area contributed by atoms with Gasteiger partial charge < -0.3 is 9.47 Å². The predicted molar refractivity (Wildman–Crippen MR) is 88.0 cm³/mol. The Kier molecular flexibility index (Phi) is 3.62. The summed E-state index contributed by atoms with van der Waals surface area (Å²) in [5.74, 6) is 0.517. The fourth-order valence-electron chi connectivity index (χ4n) is 2.32. The molecule has 0 bridgehead atoms. The molecular formula is C17H11FN2O3S. The quantitative estimate of drug-likeness (QED) is 0.783. The highest BCUT2D eigenvalue weighted by Crippen LogP contribution is 2.36. The topological polar surface area (TPSA) is 60.5 Å². The monoisotopic (exact) mass is 342 g/mol. The number of halogens is 1. The smallest absolute Gasteiger partial charge is 0.257 e. The minimum absolute atomic E-state index is 0.213. The molecular weight excluding hydrogens is 331 g/mol. The predicted octanol–water partition coefficient (Wildman–Crippen LogP) is 3.93. The molecule has 1 aromatic heterocycles. The van der Waals surface area contributed by atoms with E-state index < -0.39 is 11.7 Å². The van der Waals surface area contributed by atoms with E-state index in [2.05, 4.69) is 10.3 Å². The van der Waals surface area contributed by atoms with Crippen molar-refractivity contribution >= 4 is 22.4 Å². The SMILES string of the molecule is O=C(Nc1nc(-c2ccc3c(c2)OCO3)cs1)c1cccc(F)c1. The van der Waals surface area contributed by atoms with Crippen molar-refractivity contribution in [2.24, 2.45) is 0 Å². The number of thiazole rings is 1. The lowest BCUT2D eigenvalue weighted by Gasteiger charge is -2.02. The number of amides is 1. The second-order valence-corrected chi connectivity index (χ2v) is 5.93. The van der Waals surface area contributed by atoms with E-state index in [1.165, 1.54) is 29.5 Å². The molecule has 24 heavy (non-hydrogen) atoms. The molecule has 1 amide bonds. The molecule has 3 aromatic rings. The second-order valence-electron chi connectivity index (χ2n) is 5.07. The zero-order valence-corrected chi connectivity index (χ0v) is 13.1. The third-order valence-electron chi connectivity index (χ3n) is 3.48. The van der Waals surface area contributed by atoms with Gasteiger partial charge in [0.2, 0.25) is 6.79 Å². The summed E-state index contributed by atoms with van der Waals surface area (Å²) < 4.78 is 23.8. The van der Waals surface area contributed by atoms with Crippen LogP contribution >= 0.6 is 11.3 Å². The number of hydrogen-bond acceptors (Lipinski definition) is 5. The van der Waals surface area contributed by atoms with Crippen molar-refractivity contribution in [3.05, 3.63) is 59.2 Å². The van der Waals surface area contributed by atoms with Gasteiger partial charge in [-0.2, -0.15) is 0 Å². The van der Waals surface area contributed by atoms with Crippen molar-refractivity contribution in [2.75, 3.05) is 12.1 Å². The third kappa shape index (κ3) is 2.81. The minimum atomic E-state index is -0.456. The fraction of sp³-hybridized carbons (Fsp3) is 0.0588. The number of aromatic nitrogens is 1. The van der Waals surface area contributed by atoms with E-state index in [0.717, 1.165) is 5.56 Å². The lowest BCUT2D eigenvalue weighted by atomic mass is 10.1. The minimum Gasteiger partial charge on any atom is -0.454 e. The molecule has 0 radical (unpaired) electrons. The van der Waals surface area contributed by atoms with E-state index in [-0.39, 0.29) is 12.4 Å². The van der Waals surface area contributed by atoms with Gasteiger partial charge in [-0.1, -0.05) is 6.07 Å². The van der Waals surface area contributed by atoms with E-state index in [1.807, 2.05) is 23.6 Å². The Morgan fingerprint density at radius 3 is 2.92 bits per heavy atom. The number of benzene rings is 2. The summed E-state index contributed by atoms with van der Waals surface area (Å²) in [6.07, 6.45) is 0. The van der Waals surface area contributed by atoms with Gasteiger partial charge in [-0.15, -0.1) is 11.3 Å². The molecule has 1 aliphatic rings. The number of carbonyl (C=O) groups is 1. The largest absolute Gasteiger partial charge is 0.454 e. The summed E-state index contributed by atoms with van der Waals surface area (Å²) in [6.45, 7) is 0.213. The zero-order valence-electron chi connectivity index (χ0n) is 12.3. The van der Waals surface area contributed by atoms with Crippen LogP contribution in [0.25, 0.3) is 11.3 Å². The Morgan fingerprint density at radius 1 is 1.17 bits per heavy atom. The van der Waals surface area contributed by atoms with E-state index >= 15 is 0 Å². The normalized spacial score (nSPS) is 12.2. The molecule has 120 valence electrons. The molecule has 0 saturated heterocycles. The van der Waals surface area contributed by atoms with Gasteiger partial charge in [0.05, 0.1) is 5.69 Å². The Labute approximate surface area is 140 Å². The molecule has 2 heterocycles. The first-order valence-electron chi connectivity index (χ1n) is 7.11. The number of hydrogen-bond donors (Lipinski definition) is 1. The highest BCUT2D eigenvalue weighted by molar-refractivity contribution is 7.14. The van der Waals surface area contributed by atoms with Crippen molar-refractivity contribution in [3.63, 3.8) is 0 Å². The van der Waals surface area contributed by atoms with Crippen LogP contribution in [0.4, 0.5) is 9.52 Å². The van der Waals surface area contributed by atoms with Gasteiger partial charge in [-0.05, 0) is 36.4 Å². The molecule has 4 rings (SSSR count). The standard InChI is InChI=1S/C17H11FN2O3S/c18-12-3-1-2-11(6-12)16(21)20-17-19-13(8-24-17)10-4-5-14-15(7-10)23-9-22-14/h1-8H,9H2,(H,19,20,21). The molecule has 5 nitrogen and oxygen atoms in total. The number of nitrogens with one attached hydrogen (secondary N) is 1. The van der Waals surface area contributed by atoms with Crippen molar-refractivity contribution in [3.8, 4) is 22.8 Å². The Hall–Kier alpha value is -2.93. The number of rotatable bonds is 3. The first kappa shape index (κ1) is 14.6. The van der Waals surface area contributed by atoms with Gasteiger partial charge in [0.15, 0.2) is 16.6 Å². The summed E-state index contributed by atoms with van der Waals surface area (Å²) in [5, 5.41) is 4.95. The lowest BCUT2D eigenvalue weighted by molar-refractivity contribution is 0.102. The third-order valence-corrected chi connectivity index (χ3v) is 4.24. The van der Waals surface area contributed by atoms with Crippen molar-refractivity contribution in [2.45, 2.75) is 0 Å². The molecule has 2 aromatic carbocycles. The van der Waals surface area contributed by atoms with Crippen LogP contribution in [0.5, 0.6) is 11.5 Å². The average molecular weight is 342 g/mol. The van der Waals surface area contributed by atoms with Crippen LogP contribution in [0.1, 0.15) is 10.4 Å². The molecule has 1 aliphatic heterocycles. The van der Waals surface area contributed by atoms with Gasteiger partial charge in [-0.3, -0.25) is 10.1 Å². The molecule has 0 spiro atoms. The van der Waals surface area contributed by atoms with E-state index in [0.29, 0.717) is 22.3 Å². The highest BCUT2D eigenvalue weighted by Gasteiger charge is 2.16. The van der Waals surface area contributed by atoms with Crippen LogP contribution in [-0.2, 0) is 0 Å². The van der Waals surface area contributed by atoms with Gasteiger partial charge in [-0.25, -0.2) is 9.37 Å². The van der Waals surface area contributed by atoms with Crippen molar-refractivity contribution in [1.29, 1.82) is 0 Å². The number of anilines is 1. The molecule has 0 fully saturated rings. The Bertz CT molecular complexity index is 926. The number of nitrogens with zero attached hydrogens (tertiary/aromatic N) is 1. The second kappa shape index (κ2) is 5.93. The highest BCUT2D eigenvalue weighted by atomic mass is 32.1. The van der Waals surface area contributed by atoms with Crippen LogP contribution in [-0.4, -0.2) is 17.7 Å². The van der Waals surface area contributed by atoms with Crippen LogP contribution in [0.15, 0.2) is 47.8 Å². The fourth-order valence-corrected chi connectivity index (χ4v) is 3.03. The van der Waals surface area contributed by atoms with E-state index in [4.69, 9.17) is 9.47 Å². The molecule has 0 atom stereocenters. The van der Waals surface area contributed by atoms with Crippen LogP contribution < -0.4 is 14.8 Å². The molecule has 0 saturated carbocycles. The van der Waals surface area contributed by atoms with Crippen LogP contribution in [0.3, 0.4) is 0 Å². The maximum Gasteiger partial charge on any atom is 0.257 e. The Balaban J connectivity index is 1.53. The van der Waals surface area contributed by atoms with Crippen molar-refractivity contribution in [1.82, 2.24) is 4.98 Å². The van der Waals surface area contributed by atoms with E-state index in [1.54, 1.807) is 6.07 Å². The first-order chi connectivity index (χ1) is 11.7. The van der Waals surface area contributed by atoms with Crippen LogP contribution in [0.2, 0.25) is 0 Å². The van der Waals surface area contributed by atoms with Gasteiger partial charge in [0.25, 0.3) is 5.91 Å². The average Bonchev–Trinajstić information content (AvgIpc) is 3.23. The van der Waals surface area contributed by atoms with Gasteiger partial charge in [0, 0.05) is 16.5 Å². The number of fused-ring (bicyclic) bond motifs is 1. The maximum atomic E-state index is 13.2. The van der Waals surface area contributed by atoms with Gasteiger partial charge >= 0.3 is 0 Å². The number of carbonyl (C=O) groups excluding carboxylic acids is 1. The number of ether oxygens (including phenoxy) is 2. The molecule has 0 aliphatic carbocycles. The molecule has 7 heteroatoms. The lowest BCUT2D eigenvalue weighted by Crippen LogP contribution is -2.11. The summed E-state index contributed by atoms with van der Waals surface area (Å²) in [4.78, 5) is 16.5. The Morgan fingerprint density at radius 2 is 2.04 bits per heavy atom. The van der Waals surface area contributed by atoms with Crippen molar-refractivity contribution < 1.29 is 18.7 Å². The zero-order chi connectivity index (χ0) is 16.5. The van der Waals surface area contributed by atoms with Crippen LogP contribution in [0, 0.1) is 5.82 Å². The first-order valence-corrected chi connectivity index (χ1v) is 7.99. The summed E-state index contributed by atoms with van der Waals surface area (Å²) in [6, 6.07) is 11.0.